The Labute approximate surface area is 116 Å². The van der Waals surface area contributed by atoms with Crippen molar-refractivity contribution in [1.29, 1.82) is 0 Å². The Balaban J connectivity index is 1.86. The van der Waals surface area contributed by atoms with Gasteiger partial charge < -0.3 is 4.90 Å². The van der Waals surface area contributed by atoms with E-state index in [1.165, 1.54) is 6.42 Å². The van der Waals surface area contributed by atoms with Gasteiger partial charge in [0.15, 0.2) is 5.78 Å². The number of likely N-dealkylation sites (tertiary alicyclic amines) is 1. The molecule has 1 aliphatic heterocycles. The van der Waals surface area contributed by atoms with E-state index in [1.54, 1.807) is 0 Å². The van der Waals surface area contributed by atoms with Gasteiger partial charge in [-0.15, -0.1) is 0 Å². The molecule has 2 atom stereocenters. The first kappa shape index (κ1) is 14.3. The lowest BCUT2D eigenvalue weighted by atomic mass is 9.88. The van der Waals surface area contributed by atoms with Crippen molar-refractivity contribution >= 4 is 5.78 Å². The van der Waals surface area contributed by atoms with Crippen LogP contribution >= 0.6 is 0 Å². The van der Waals surface area contributed by atoms with E-state index in [4.69, 9.17) is 0 Å². The van der Waals surface area contributed by atoms with Crippen LogP contribution in [0.1, 0.15) is 42.6 Å². The van der Waals surface area contributed by atoms with Gasteiger partial charge in [0.25, 0.3) is 0 Å². The zero-order valence-electron chi connectivity index (χ0n) is 12.4. The summed E-state index contributed by atoms with van der Waals surface area (Å²) in [7, 11) is 0. The van der Waals surface area contributed by atoms with Crippen LogP contribution in [0.4, 0.5) is 0 Å². The Hall–Kier alpha value is -1.15. The van der Waals surface area contributed by atoms with Crippen LogP contribution in [0.15, 0.2) is 24.3 Å². The summed E-state index contributed by atoms with van der Waals surface area (Å²) in [6.07, 6.45) is 1.91. The first-order valence-electron chi connectivity index (χ1n) is 7.39. The number of hydrogen-bond acceptors (Lipinski definition) is 2. The molecule has 0 bridgehead atoms. The molecule has 2 unspecified atom stereocenters. The SMILES string of the molecule is Cc1ccccc1C(=O)CCN1CCC(C)C(C)C1. The molecule has 2 nitrogen and oxygen atoms in total. The highest BCUT2D eigenvalue weighted by atomic mass is 16.1. The van der Waals surface area contributed by atoms with E-state index in [1.807, 2.05) is 31.2 Å². The van der Waals surface area contributed by atoms with Gasteiger partial charge in [-0.2, -0.15) is 0 Å². The first-order chi connectivity index (χ1) is 9.08. The molecular formula is C17H25NO. The van der Waals surface area contributed by atoms with E-state index < -0.39 is 0 Å². The van der Waals surface area contributed by atoms with E-state index in [-0.39, 0.29) is 5.78 Å². The zero-order valence-corrected chi connectivity index (χ0v) is 12.4. The van der Waals surface area contributed by atoms with Crippen molar-refractivity contribution in [2.75, 3.05) is 19.6 Å². The van der Waals surface area contributed by atoms with Crippen molar-refractivity contribution in [1.82, 2.24) is 4.90 Å². The fraction of sp³-hybridized carbons (Fsp3) is 0.588. The summed E-state index contributed by atoms with van der Waals surface area (Å²) in [5.41, 5.74) is 1.98. The maximum atomic E-state index is 12.2. The van der Waals surface area contributed by atoms with Crippen LogP contribution in [-0.2, 0) is 0 Å². The molecule has 19 heavy (non-hydrogen) atoms. The monoisotopic (exact) mass is 259 g/mol. The summed E-state index contributed by atoms with van der Waals surface area (Å²) in [5, 5.41) is 0. The lowest BCUT2D eigenvalue weighted by Crippen LogP contribution is -2.39. The van der Waals surface area contributed by atoms with Gasteiger partial charge in [0.05, 0.1) is 0 Å². The van der Waals surface area contributed by atoms with E-state index in [0.29, 0.717) is 6.42 Å². The lowest BCUT2D eigenvalue weighted by Gasteiger charge is -2.35. The molecule has 2 heteroatoms. The summed E-state index contributed by atoms with van der Waals surface area (Å²) < 4.78 is 0. The zero-order chi connectivity index (χ0) is 13.8. The molecule has 1 aromatic carbocycles. The van der Waals surface area contributed by atoms with Crippen molar-refractivity contribution in [3.8, 4) is 0 Å². The number of Topliss-reactive ketones (excluding diaryl/α,β-unsaturated/α-hetero) is 1. The summed E-state index contributed by atoms with van der Waals surface area (Å²) >= 11 is 0. The molecule has 2 rings (SSSR count). The Bertz CT molecular complexity index is 441. The molecule has 1 saturated heterocycles. The minimum atomic E-state index is 0.282. The number of rotatable bonds is 4. The van der Waals surface area contributed by atoms with Crippen LogP contribution in [0.5, 0.6) is 0 Å². The van der Waals surface area contributed by atoms with Gasteiger partial charge in [0.2, 0.25) is 0 Å². The van der Waals surface area contributed by atoms with Crippen molar-refractivity contribution in [2.24, 2.45) is 11.8 Å². The van der Waals surface area contributed by atoms with E-state index in [0.717, 1.165) is 42.6 Å². The molecule has 0 spiro atoms. The number of piperidine rings is 1. The third-order valence-electron chi connectivity index (χ3n) is 4.52. The van der Waals surface area contributed by atoms with E-state index in [9.17, 15) is 4.79 Å². The molecule has 1 aromatic rings. The molecule has 1 heterocycles. The van der Waals surface area contributed by atoms with Gasteiger partial charge in [-0.05, 0) is 37.3 Å². The maximum absolute atomic E-state index is 12.2. The molecule has 104 valence electrons. The highest BCUT2D eigenvalue weighted by Gasteiger charge is 2.22. The van der Waals surface area contributed by atoms with E-state index in [2.05, 4.69) is 18.7 Å². The fourth-order valence-electron chi connectivity index (χ4n) is 2.83. The molecular weight excluding hydrogens is 234 g/mol. The van der Waals surface area contributed by atoms with Crippen LogP contribution in [-0.4, -0.2) is 30.3 Å². The molecule has 1 aliphatic rings. The number of aryl methyl sites for hydroxylation is 1. The van der Waals surface area contributed by atoms with Gasteiger partial charge >= 0.3 is 0 Å². The number of carbonyl (C=O) groups is 1. The minimum Gasteiger partial charge on any atom is -0.303 e. The second-order valence-electron chi connectivity index (χ2n) is 6.03. The maximum Gasteiger partial charge on any atom is 0.164 e. The van der Waals surface area contributed by atoms with E-state index >= 15 is 0 Å². The standard InChI is InChI=1S/C17H25NO/c1-13-8-10-18(12-15(13)3)11-9-17(19)16-7-5-4-6-14(16)2/h4-7,13,15H,8-12H2,1-3H3. The quantitative estimate of drug-likeness (QED) is 0.771. The van der Waals surface area contributed by atoms with Crippen molar-refractivity contribution in [2.45, 2.75) is 33.6 Å². The van der Waals surface area contributed by atoms with Gasteiger partial charge in [-0.1, -0.05) is 38.1 Å². The summed E-state index contributed by atoms with van der Waals surface area (Å²) in [4.78, 5) is 14.7. The first-order valence-corrected chi connectivity index (χ1v) is 7.39. The number of carbonyl (C=O) groups excluding carboxylic acids is 1. The minimum absolute atomic E-state index is 0.282. The van der Waals surface area contributed by atoms with Crippen LogP contribution < -0.4 is 0 Å². The molecule has 0 aromatic heterocycles. The predicted molar refractivity (Wildman–Crippen MR) is 79.5 cm³/mol. The van der Waals surface area contributed by atoms with Gasteiger partial charge in [0, 0.05) is 25.1 Å². The van der Waals surface area contributed by atoms with Crippen molar-refractivity contribution in [3.05, 3.63) is 35.4 Å². The highest BCUT2D eigenvalue weighted by Crippen LogP contribution is 2.22. The third-order valence-corrected chi connectivity index (χ3v) is 4.52. The van der Waals surface area contributed by atoms with Crippen LogP contribution in [0.2, 0.25) is 0 Å². The Morgan fingerprint density at radius 1 is 1.26 bits per heavy atom. The molecule has 0 aliphatic carbocycles. The number of benzene rings is 1. The topological polar surface area (TPSA) is 20.3 Å². The summed E-state index contributed by atoms with van der Waals surface area (Å²) in [6.45, 7) is 9.86. The second kappa shape index (κ2) is 6.33. The summed E-state index contributed by atoms with van der Waals surface area (Å²) in [5.74, 6) is 1.86. The number of hydrogen-bond donors (Lipinski definition) is 0. The Morgan fingerprint density at radius 2 is 2.00 bits per heavy atom. The average molecular weight is 259 g/mol. The summed E-state index contributed by atoms with van der Waals surface area (Å²) in [6, 6.07) is 7.89. The van der Waals surface area contributed by atoms with Crippen LogP contribution in [0.25, 0.3) is 0 Å². The normalized spacial score (nSPS) is 24.4. The second-order valence-corrected chi connectivity index (χ2v) is 6.03. The van der Waals surface area contributed by atoms with Crippen molar-refractivity contribution < 1.29 is 4.79 Å². The van der Waals surface area contributed by atoms with Gasteiger partial charge in [-0.3, -0.25) is 4.79 Å². The lowest BCUT2D eigenvalue weighted by molar-refractivity contribution is 0.0926. The Kier molecular flexibility index (Phi) is 4.76. The van der Waals surface area contributed by atoms with Gasteiger partial charge in [0.1, 0.15) is 0 Å². The molecule has 0 radical (unpaired) electrons. The molecule has 0 N–H and O–H groups in total. The smallest absolute Gasteiger partial charge is 0.164 e. The van der Waals surface area contributed by atoms with Crippen LogP contribution in [0.3, 0.4) is 0 Å². The predicted octanol–water partition coefficient (Wildman–Crippen LogP) is 3.55. The molecule has 0 saturated carbocycles. The van der Waals surface area contributed by atoms with Gasteiger partial charge in [-0.25, -0.2) is 0 Å². The fourth-order valence-corrected chi connectivity index (χ4v) is 2.83. The van der Waals surface area contributed by atoms with Crippen molar-refractivity contribution in [3.63, 3.8) is 0 Å². The average Bonchev–Trinajstić information content (AvgIpc) is 2.40. The molecule has 0 amide bonds. The Morgan fingerprint density at radius 3 is 2.68 bits per heavy atom. The third kappa shape index (κ3) is 3.66. The number of nitrogens with zero attached hydrogens (tertiary/aromatic N) is 1. The van der Waals surface area contributed by atoms with Crippen LogP contribution in [0, 0.1) is 18.8 Å². The number of ketones is 1. The molecule has 1 fully saturated rings. The highest BCUT2D eigenvalue weighted by molar-refractivity contribution is 5.97. The largest absolute Gasteiger partial charge is 0.303 e.